The summed E-state index contributed by atoms with van der Waals surface area (Å²) < 4.78 is 41.1. The van der Waals surface area contributed by atoms with Gasteiger partial charge in [0.25, 0.3) is 11.5 Å². The van der Waals surface area contributed by atoms with Gasteiger partial charge in [-0.2, -0.15) is 13.2 Å². The van der Waals surface area contributed by atoms with Crippen molar-refractivity contribution in [2.75, 3.05) is 31.5 Å². The number of fused-ring (bicyclic) bond motifs is 1. The van der Waals surface area contributed by atoms with E-state index in [1.165, 1.54) is 35.9 Å². The number of benzene rings is 2. The summed E-state index contributed by atoms with van der Waals surface area (Å²) in [5.41, 5.74) is -1.08. The van der Waals surface area contributed by atoms with Crippen molar-refractivity contribution in [3.05, 3.63) is 82.0 Å². The first-order valence-corrected chi connectivity index (χ1v) is 11.9. The van der Waals surface area contributed by atoms with Crippen LogP contribution in [0.15, 0.2) is 59.5 Å². The van der Waals surface area contributed by atoms with Crippen LogP contribution in [0.5, 0.6) is 0 Å². The lowest BCUT2D eigenvalue weighted by atomic mass is 10.1. The van der Waals surface area contributed by atoms with Gasteiger partial charge in [0.2, 0.25) is 0 Å². The summed E-state index contributed by atoms with van der Waals surface area (Å²) in [6, 6.07) is 10.7. The number of carbonyl (C=O) groups is 1. The molecule has 2 N–H and O–H groups in total. The zero-order valence-electron chi connectivity index (χ0n) is 20.4. The van der Waals surface area contributed by atoms with Crippen molar-refractivity contribution in [1.29, 1.82) is 0 Å². The number of nitrogens with one attached hydrogen (secondary N) is 2. The number of carbonyl (C=O) groups excluding carboxylic acids is 1. The lowest BCUT2D eigenvalue weighted by Gasteiger charge is -2.26. The molecule has 9 nitrogen and oxygen atoms in total. The fourth-order valence-electron chi connectivity index (χ4n) is 4.37. The highest BCUT2D eigenvalue weighted by Gasteiger charge is 2.31. The van der Waals surface area contributed by atoms with Gasteiger partial charge in [-0.3, -0.25) is 19.1 Å². The van der Waals surface area contributed by atoms with E-state index < -0.39 is 23.2 Å². The summed E-state index contributed by atoms with van der Waals surface area (Å²) in [5.74, 6) is 0.294. The van der Waals surface area contributed by atoms with Crippen LogP contribution in [-0.2, 0) is 19.8 Å². The van der Waals surface area contributed by atoms with Gasteiger partial charge in [0.1, 0.15) is 17.5 Å². The minimum atomic E-state index is -4.56. The Labute approximate surface area is 215 Å². The predicted molar refractivity (Wildman–Crippen MR) is 136 cm³/mol. The third-order valence-corrected chi connectivity index (χ3v) is 6.32. The normalized spacial score (nSPS) is 14.5. The molecule has 1 aliphatic heterocycles. The van der Waals surface area contributed by atoms with E-state index >= 15 is 0 Å². The third kappa shape index (κ3) is 5.27. The van der Waals surface area contributed by atoms with Crippen LogP contribution < -0.4 is 16.2 Å². The number of piperazine rings is 1. The minimum absolute atomic E-state index is 0.00851. The summed E-state index contributed by atoms with van der Waals surface area (Å²) in [5, 5.41) is 6.18. The van der Waals surface area contributed by atoms with Gasteiger partial charge in [-0.15, -0.1) is 0 Å². The highest BCUT2D eigenvalue weighted by molar-refractivity contribution is 6.11. The maximum Gasteiger partial charge on any atom is 0.416 e. The molecule has 38 heavy (non-hydrogen) atoms. The van der Waals surface area contributed by atoms with E-state index in [2.05, 4.69) is 30.5 Å². The van der Waals surface area contributed by atoms with Gasteiger partial charge < -0.3 is 10.6 Å². The van der Waals surface area contributed by atoms with Crippen LogP contribution in [0.25, 0.3) is 22.3 Å². The number of hydrogen-bond donors (Lipinski definition) is 2. The molecular weight excluding hydrogens is 499 g/mol. The van der Waals surface area contributed by atoms with Crippen LogP contribution in [0.3, 0.4) is 0 Å². The summed E-state index contributed by atoms with van der Waals surface area (Å²) in [6.45, 7) is 4.03. The fourth-order valence-corrected chi connectivity index (χ4v) is 4.37. The average molecular weight is 524 g/mol. The Morgan fingerprint density at radius 1 is 1.08 bits per heavy atom. The Balaban J connectivity index is 1.49. The van der Waals surface area contributed by atoms with Gasteiger partial charge in [-0.25, -0.2) is 15.0 Å². The first-order chi connectivity index (χ1) is 18.2. The third-order valence-electron chi connectivity index (χ3n) is 6.32. The minimum Gasteiger partial charge on any atom is -0.314 e. The second-order valence-corrected chi connectivity index (χ2v) is 8.92. The lowest BCUT2D eigenvalue weighted by molar-refractivity contribution is -0.137. The molecule has 0 unspecified atom stereocenters. The number of rotatable bonds is 5. The molecule has 5 rings (SSSR count). The Kier molecular flexibility index (Phi) is 6.91. The Morgan fingerprint density at radius 3 is 2.61 bits per heavy atom. The summed E-state index contributed by atoms with van der Waals surface area (Å²) in [6.07, 6.45) is -3.00. The second-order valence-electron chi connectivity index (χ2n) is 8.92. The van der Waals surface area contributed by atoms with Crippen LogP contribution in [-0.4, -0.2) is 56.5 Å². The Bertz CT molecular complexity index is 1560. The van der Waals surface area contributed by atoms with Crippen molar-refractivity contribution in [2.24, 2.45) is 7.05 Å². The quantitative estimate of drug-likeness (QED) is 0.414. The highest BCUT2D eigenvalue weighted by atomic mass is 19.4. The van der Waals surface area contributed by atoms with Gasteiger partial charge >= 0.3 is 6.18 Å². The van der Waals surface area contributed by atoms with Gasteiger partial charge in [0.15, 0.2) is 0 Å². The van der Waals surface area contributed by atoms with E-state index in [9.17, 15) is 22.8 Å². The molecule has 196 valence electrons. The van der Waals surface area contributed by atoms with E-state index in [4.69, 9.17) is 0 Å². The van der Waals surface area contributed by atoms with Gasteiger partial charge in [-0.1, -0.05) is 18.2 Å². The zero-order valence-corrected chi connectivity index (χ0v) is 20.4. The van der Waals surface area contributed by atoms with Crippen molar-refractivity contribution in [2.45, 2.75) is 12.7 Å². The molecule has 1 amide bonds. The SMILES string of the molecule is Cn1c(-c2cccc(C(F)(F)F)c2)nc2c(C(=O)Nc3ccnc(CN4CCNCC4)n3)cccc2c1=O. The van der Waals surface area contributed by atoms with Crippen LogP contribution in [0.2, 0.25) is 0 Å². The first-order valence-electron chi connectivity index (χ1n) is 11.9. The Morgan fingerprint density at radius 2 is 1.84 bits per heavy atom. The number of aromatic nitrogens is 4. The molecule has 12 heteroatoms. The smallest absolute Gasteiger partial charge is 0.314 e. The largest absolute Gasteiger partial charge is 0.416 e. The van der Waals surface area contributed by atoms with Crippen molar-refractivity contribution >= 4 is 22.6 Å². The van der Waals surface area contributed by atoms with E-state index in [1.54, 1.807) is 18.3 Å². The topological polar surface area (TPSA) is 105 Å². The molecule has 0 saturated carbocycles. The molecular formula is C26H24F3N7O2. The molecule has 0 bridgehead atoms. The first kappa shape index (κ1) is 25.5. The molecule has 0 radical (unpaired) electrons. The monoisotopic (exact) mass is 523 g/mol. The molecule has 1 fully saturated rings. The number of halogens is 3. The van der Waals surface area contributed by atoms with Crippen LogP contribution in [0.4, 0.5) is 19.0 Å². The van der Waals surface area contributed by atoms with E-state index in [0.29, 0.717) is 12.4 Å². The number of alkyl halides is 3. The number of anilines is 1. The highest BCUT2D eigenvalue weighted by Crippen LogP contribution is 2.32. The van der Waals surface area contributed by atoms with Gasteiger partial charge in [0, 0.05) is 45.0 Å². The summed E-state index contributed by atoms with van der Waals surface area (Å²) in [7, 11) is 1.43. The second kappa shape index (κ2) is 10.3. The predicted octanol–water partition coefficient (Wildman–Crippen LogP) is 3.07. The fraction of sp³-hybridized carbons (Fsp3) is 0.269. The van der Waals surface area contributed by atoms with Crippen molar-refractivity contribution in [3.63, 3.8) is 0 Å². The number of nitrogens with zero attached hydrogens (tertiary/aromatic N) is 5. The van der Waals surface area contributed by atoms with Crippen LogP contribution >= 0.6 is 0 Å². The molecule has 3 heterocycles. The lowest BCUT2D eigenvalue weighted by Crippen LogP contribution is -2.43. The number of para-hydroxylation sites is 1. The zero-order chi connectivity index (χ0) is 26.9. The molecule has 0 spiro atoms. The number of amides is 1. The average Bonchev–Trinajstić information content (AvgIpc) is 2.91. The standard InChI is InChI=1S/C26H24F3N7O2/c1-35-23(16-4-2-5-17(14-16)26(27,28)29)34-22-18(6-3-7-19(22)25(35)38)24(37)33-20-8-9-31-21(32-20)15-36-12-10-30-11-13-36/h2-9,14,30H,10-13,15H2,1H3,(H,31,32,33,37). The van der Waals surface area contributed by atoms with Crippen molar-refractivity contribution < 1.29 is 18.0 Å². The molecule has 4 aromatic rings. The maximum atomic E-state index is 13.3. The van der Waals surface area contributed by atoms with E-state index in [0.717, 1.165) is 38.3 Å². The summed E-state index contributed by atoms with van der Waals surface area (Å²) >= 11 is 0. The molecule has 1 saturated heterocycles. The molecule has 2 aromatic heterocycles. The molecule has 0 atom stereocenters. The van der Waals surface area contributed by atoms with Crippen molar-refractivity contribution in [3.8, 4) is 11.4 Å². The van der Waals surface area contributed by atoms with Gasteiger partial charge in [-0.05, 0) is 30.3 Å². The van der Waals surface area contributed by atoms with Crippen LogP contribution in [0.1, 0.15) is 21.7 Å². The van der Waals surface area contributed by atoms with E-state index in [-0.39, 0.29) is 33.7 Å². The molecule has 1 aliphatic rings. The maximum absolute atomic E-state index is 13.3. The summed E-state index contributed by atoms with van der Waals surface area (Å²) in [4.78, 5) is 41.8. The van der Waals surface area contributed by atoms with Crippen molar-refractivity contribution in [1.82, 2.24) is 29.7 Å². The Hall–Kier alpha value is -4.16. The van der Waals surface area contributed by atoms with E-state index in [1.807, 2.05) is 0 Å². The molecule has 2 aromatic carbocycles. The number of hydrogen-bond acceptors (Lipinski definition) is 7. The van der Waals surface area contributed by atoms with Gasteiger partial charge in [0.05, 0.1) is 28.6 Å². The molecule has 0 aliphatic carbocycles. The van der Waals surface area contributed by atoms with Crippen LogP contribution in [0, 0.1) is 0 Å².